The highest BCUT2D eigenvalue weighted by atomic mass is 19.1. The molecule has 0 radical (unpaired) electrons. The largest absolute Gasteiger partial charge is 0.490 e. The van der Waals surface area contributed by atoms with Gasteiger partial charge in [-0.05, 0) is 37.1 Å². The van der Waals surface area contributed by atoms with Crippen molar-refractivity contribution in [2.75, 3.05) is 19.7 Å². The molecule has 1 aromatic heterocycles. The van der Waals surface area contributed by atoms with Crippen LogP contribution in [-0.2, 0) is 0 Å². The van der Waals surface area contributed by atoms with Gasteiger partial charge in [-0.15, -0.1) is 0 Å². The Labute approximate surface area is 139 Å². The molecule has 0 saturated carbocycles. The van der Waals surface area contributed by atoms with Gasteiger partial charge < -0.3 is 14.7 Å². The number of aromatic nitrogens is 1. The van der Waals surface area contributed by atoms with E-state index in [0.717, 1.165) is 5.56 Å². The molecule has 1 aliphatic heterocycles. The van der Waals surface area contributed by atoms with Crippen molar-refractivity contribution in [3.63, 3.8) is 0 Å². The number of amides is 1. The second-order valence-electron chi connectivity index (χ2n) is 6.14. The van der Waals surface area contributed by atoms with Crippen LogP contribution in [0.25, 0.3) is 0 Å². The first-order chi connectivity index (χ1) is 11.5. The molecule has 0 bridgehead atoms. The van der Waals surface area contributed by atoms with E-state index in [-0.39, 0.29) is 19.1 Å². The minimum absolute atomic E-state index is 0.00948. The predicted octanol–water partition coefficient (Wildman–Crippen LogP) is 2.19. The molecule has 6 heteroatoms. The number of carbonyl (C=O) groups is 1. The molecule has 1 N–H and O–H groups in total. The lowest BCUT2D eigenvalue weighted by molar-refractivity contribution is 0.00421. The minimum atomic E-state index is -1.14. The van der Waals surface area contributed by atoms with Gasteiger partial charge in [0.25, 0.3) is 5.91 Å². The molecule has 24 heavy (non-hydrogen) atoms. The second-order valence-corrected chi connectivity index (χ2v) is 6.14. The molecule has 1 amide bonds. The van der Waals surface area contributed by atoms with Gasteiger partial charge >= 0.3 is 0 Å². The van der Waals surface area contributed by atoms with Crippen LogP contribution in [0.1, 0.15) is 22.3 Å². The van der Waals surface area contributed by atoms with E-state index in [1.807, 2.05) is 6.92 Å². The van der Waals surface area contributed by atoms with E-state index in [1.165, 1.54) is 12.1 Å². The Morgan fingerprint density at radius 2 is 2.29 bits per heavy atom. The first-order valence-electron chi connectivity index (χ1n) is 7.77. The van der Waals surface area contributed by atoms with E-state index in [4.69, 9.17) is 4.74 Å². The normalized spacial score (nSPS) is 20.2. The summed E-state index contributed by atoms with van der Waals surface area (Å²) in [4.78, 5) is 18.2. The molecule has 0 aliphatic carbocycles. The van der Waals surface area contributed by atoms with E-state index in [0.29, 0.717) is 24.3 Å². The van der Waals surface area contributed by atoms with Crippen LogP contribution in [-0.4, -0.2) is 46.2 Å². The fourth-order valence-electron chi connectivity index (χ4n) is 2.81. The van der Waals surface area contributed by atoms with E-state index in [9.17, 15) is 14.3 Å². The molecule has 1 saturated heterocycles. The summed E-state index contributed by atoms with van der Waals surface area (Å²) >= 11 is 0. The van der Waals surface area contributed by atoms with Gasteiger partial charge in [-0.1, -0.05) is 6.07 Å². The molecule has 1 aliphatic rings. The number of likely N-dealkylation sites (tertiary alicyclic amines) is 1. The summed E-state index contributed by atoms with van der Waals surface area (Å²) in [5.41, 5.74) is 0.248. The summed E-state index contributed by atoms with van der Waals surface area (Å²) in [5.74, 6) is -0.161. The van der Waals surface area contributed by atoms with Crippen LogP contribution in [0.3, 0.4) is 0 Å². The maximum absolute atomic E-state index is 13.2. The highest BCUT2D eigenvalue weighted by Gasteiger charge is 2.39. The molecule has 2 aromatic rings. The summed E-state index contributed by atoms with van der Waals surface area (Å²) in [5, 5.41) is 10.6. The Morgan fingerprint density at radius 3 is 3.04 bits per heavy atom. The Morgan fingerprint density at radius 1 is 1.46 bits per heavy atom. The summed E-state index contributed by atoms with van der Waals surface area (Å²) in [6.07, 6.45) is 3.64. The zero-order valence-corrected chi connectivity index (χ0v) is 13.4. The van der Waals surface area contributed by atoms with E-state index >= 15 is 0 Å². The van der Waals surface area contributed by atoms with Gasteiger partial charge in [0.1, 0.15) is 23.8 Å². The second kappa shape index (κ2) is 6.57. The molecule has 0 spiro atoms. The SMILES string of the molecule is Cc1cnccc1C(=O)N1CC[C@](O)(COc2cccc(F)c2)C1. The van der Waals surface area contributed by atoms with Crippen LogP contribution in [0.15, 0.2) is 42.7 Å². The van der Waals surface area contributed by atoms with Gasteiger partial charge in [-0.2, -0.15) is 0 Å². The summed E-state index contributed by atoms with van der Waals surface area (Å²) < 4.78 is 18.6. The number of nitrogens with zero attached hydrogens (tertiary/aromatic N) is 2. The Bertz CT molecular complexity index is 753. The quantitative estimate of drug-likeness (QED) is 0.933. The van der Waals surface area contributed by atoms with Gasteiger partial charge in [0, 0.05) is 30.6 Å². The van der Waals surface area contributed by atoms with Crippen molar-refractivity contribution in [3.05, 3.63) is 59.7 Å². The fourth-order valence-corrected chi connectivity index (χ4v) is 2.81. The lowest BCUT2D eigenvalue weighted by Gasteiger charge is -2.24. The molecule has 2 heterocycles. The number of β-amino-alcohol motifs (C(OH)–C–C–N with tert-alkyl or cyclic N) is 1. The summed E-state index contributed by atoms with van der Waals surface area (Å²) in [6, 6.07) is 7.45. The number of pyridine rings is 1. The van der Waals surface area contributed by atoms with Gasteiger partial charge in [-0.25, -0.2) is 4.39 Å². The molecule has 1 fully saturated rings. The summed E-state index contributed by atoms with van der Waals surface area (Å²) in [7, 11) is 0. The fraction of sp³-hybridized carbons (Fsp3) is 0.333. The lowest BCUT2D eigenvalue weighted by Crippen LogP contribution is -2.40. The van der Waals surface area contributed by atoms with Crippen molar-refractivity contribution < 1.29 is 19.0 Å². The van der Waals surface area contributed by atoms with Crippen molar-refractivity contribution in [1.82, 2.24) is 9.88 Å². The average molecular weight is 330 g/mol. The molecular weight excluding hydrogens is 311 g/mol. The Hall–Kier alpha value is -2.47. The molecule has 0 unspecified atom stereocenters. The maximum Gasteiger partial charge on any atom is 0.254 e. The highest BCUT2D eigenvalue weighted by Crippen LogP contribution is 2.25. The third-order valence-corrected chi connectivity index (χ3v) is 4.17. The van der Waals surface area contributed by atoms with Gasteiger partial charge in [0.2, 0.25) is 0 Å². The lowest BCUT2D eigenvalue weighted by atomic mass is 10.1. The average Bonchev–Trinajstić information content (AvgIpc) is 2.96. The minimum Gasteiger partial charge on any atom is -0.490 e. The zero-order valence-electron chi connectivity index (χ0n) is 13.4. The third-order valence-electron chi connectivity index (χ3n) is 4.17. The number of halogens is 1. The van der Waals surface area contributed by atoms with Gasteiger partial charge in [0.05, 0.1) is 6.54 Å². The van der Waals surface area contributed by atoms with Crippen molar-refractivity contribution in [2.45, 2.75) is 18.9 Å². The van der Waals surface area contributed by atoms with Crippen molar-refractivity contribution in [2.24, 2.45) is 0 Å². The molecule has 3 rings (SSSR count). The number of ether oxygens (including phenoxy) is 1. The number of hydrogen-bond donors (Lipinski definition) is 1. The molecule has 5 nitrogen and oxygen atoms in total. The van der Waals surface area contributed by atoms with Crippen LogP contribution >= 0.6 is 0 Å². The van der Waals surface area contributed by atoms with Crippen LogP contribution in [0.2, 0.25) is 0 Å². The van der Waals surface area contributed by atoms with Crippen molar-refractivity contribution in [3.8, 4) is 5.75 Å². The van der Waals surface area contributed by atoms with Crippen molar-refractivity contribution >= 4 is 5.91 Å². The van der Waals surface area contributed by atoms with Crippen LogP contribution in [0.4, 0.5) is 4.39 Å². The Kier molecular flexibility index (Phi) is 4.49. The number of aryl methyl sites for hydroxylation is 1. The van der Waals surface area contributed by atoms with Gasteiger partial charge in [-0.3, -0.25) is 9.78 Å². The highest BCUT2D eigenvalue weighted by molar-refractivity contribution is 5.95. The maximum atomic E-state index is 13.2. The molecule has 1 aromatic carbocycles. The van der Waals surface area contributed by atoms with E-state index in [2.05, 4.69) is 4.98 Å². The standard InChI is InChI=1S/C18H19FN2O3/c1-13-10-20-7-5-16(13)17(22)21-8-6-18(23,11-21)12-24-15-4-2-3-14(19)9-15/h2-5,7,9-10,23H,6,8,11-12H2,1H3/t18-/m1/s1. The molecule has 126 valence electrons. The predicted molar refractivity (Wildman–Crippen MR) is 86.3 cm³/mol. The molecular formula is C18H19FN2O3. The number of hydrogen-bond acceptors (Lipinski definition) is 4. The van der Waals surface area contributed by atoms with Crippen LogP contribution in [0.5, 0.6) is 5.75 Å². The topological polar surface area (TPSA) is 62.7 Å². The third kappa shape index (κ3) is 3.54. The van der Waals surface area contributed by atoms with E-state index < -0.39 is 11.4 Å². The first kappa shape index (κ1) is 16.4. The zero-order chi connectivity index (χ0) is 17.2. The number of carbonyl (C=O) groups excluding carboxylic acids is 1. The monoisotopic (exact) mass is 330 g/mol. The number of rotatable bonds is 4. The number of benzene rings is 1. The van der Waals surface area contributed by atoms with E-state index in [1.54, 1.807) is 35.5 Å². The van der Waals surface area contributed by atoms with Crippen LogP contribution < -0.4 is 4.74 Å². The van der Waals surface area contributed by atoms with Crippen molar-refractivity contribution in [1.29, 1.82) is 0 Å². The first-order valence-corrected chi connectivity index (χ1v) is 7.77. The Balaban J connectivity index is 1.63. The molecule has 1 atom stereocenters. The van der Waals surface area contributed by atoms with Gasteiger partial charge in [0.15, 0.2) is 0 Å². The summed E-state index contributed by atoms with van der Waals surface area (Å²) in [6.45, 7) is 2.47. The smallest absolute Gasteiger partial charge is 0.254 e. The van der Waals surface area contributed by atoms with Crippen LogP contribution in [0, 0.1) is 12.7 Å². The number of aliphatic hydroxyl groups is 1.